The zero-order chi connectivity index (χ0) is 13.0. The summed E-state index contributed by atoms with van der Waals surface area (Å²) in [5, 5.41) is 11.9. The Morgan fingerprint density at radius 1 is 1.22 bits per heavy atom. The molecule has 2 rings (SSSR count). The van der Waals surface area contributed by atoms with Gasteiger partial charge >= 0.3 is 0 Å². The molecule has 1 fully saturated rings. The second kappa shape index (κ2) is 6.59. The third kappa shape index (κ3) is 3.49. The summed E-state index contributed by atoms with van der Waals surface area (Å²) in [5.74, 6) is 3.35. The zero-order valence-electron chi connectivity index (χ0n) is 10.9. The summed E-state index contributed by atoms with van der Waals surface area (Å²) in [5.41, 5.74) is 2.09. The van der Waals surface area contributed by atoms with Crippen LogP contribution in [0.5, 0.6) is 0 Å². The molecule has 100 valence electrons. The molecule has 0 atom stereocenters. The van der Waals surface area contributed by atoms with Crippen molar-refractivity contribution in [1.29, 1.82) is 0 Å². The molecule has 1 aromatic heterocycles. The third-order valence-corrected chi connectivity index (χ3v) is 4.59. The number of hydrogen-bond acceptors (Lipinski definition) is 5. The number of rotatable bonds is 4. The molecular weight excluding hydrogens is 268 g/mol. The molecule has 0 amide bonds. The highest BCUT2D eigenvalue weighted by Crippen LogP contribution is 2.20. The Hall–Kier alpha value is -0.520. The van der Waals surface area contributed by atoms with Crippen LogP contribution in [0.1, 0.15) is 11.1 Å². The Morgan fingerprint density at radius 3 is 2.67 bits per heavy atom. The standard InChI is InChI=1S/C12H19ClN4S/c1-9-10(2)12(16-15-11(9)13)14-3-4-17-5-7-18-8-6-17/h3-8H2,1-2H3,(H,14,16). The van der Waals surface area contributed by atoms with E-state index < -0.39 is 0 Å². The fourth-order valence-electron chi connectivity index (χ4n) is 1.90. The monoisotopic (exact) mass is 286 g/mol. The average molecular weight is 287 g/mol. The predicted octanol–water partition coefficient (Wildman–Crippen LogP) is 2.21. The number of hydrogen-bond donors (Lipinski definition) is 1. The van der Waals surface area contributed by atoms with Crippen molar-refractivity contribution in [3.05, 3.63) is 16.3 Å². The Labute approximate surface area is 117 Å². The van der Waals surface area contributed by atoms with Gasteiger partial charge < -0.3 is 5.32 Å². The van der Waals surface area contributed by atoms with Gasteiger partial charge in [-0.15, -0.1) is 10.2 Å². The molecule has 0 radical (unpaired) electrons. The number of nitrogens with zero attached hydrogens (tertiary/aromatic N) is 3. The summed E-state index contributed by atoms with van der Waals surface area (Å²) >= 11 is 7.97. The van der Waals surface area contributed by atoms with E-state index in [0.29, 0.717) is 5.15 Å². The highest BCUT2D eigenvalue weighted by molar-refractivity contribution is 7.99. The van der Waals surface area contributed by atoms with Crippen molar-refractivity contribution in [3.63, 3.8) is 0 Å². The predicted molar refractivity (Wildman–Crippen MR) is 78.8 cm³/mol. The van der Waals surface area contributed by atoms with Crippen LogP contribution in [-0.4, -0.2) is 52.8 Å². The quantitative estimate of drug-likeness (QED) is 0.919. The smallest absolute Gasteiger partial charge is 0.155 e. The minimum atomic E-state index is 0.492. The normalized spacial score (nSPS) is 16.8. The summed E-state index contributed by atoms with van der Waals surface area (Å²) < 4.78 is 0. The van der Waals surface area contributed by atoms with Crippen LogP contribution in [0.3, 0.4) is 0 Å². The molecule has 18 heavy (non-hydrogen) atoms. The summed E-state index contributed by atoms with van der Waals surface area (Å²) in [7, 11) is 0. The van der Waals surface area contributed by atoms with Crippen LogP contribution in [-0.2, 0) is 0 Å². The Morgan fingerprint density at radius 2 is 1.94 bits per heavy atom. The van der Waals surface area contributed by atoms with Crippen LogP contribution < -0.4 is 5.32 Å². The van der Waals surface area contributed by atoms with Gasteiger partial charge in [0.25, 0.3) is 0 Å². The molecule has 0 spiro atoms. The lowest BCUT2D eigenvalue weighted by molar-refractivity contribution is 0.314. The van der Waals surface area contributed by atoms with E-state index in [-0.39, 0.29) is 0 Å². The molecule has 0 bridgehead atoms. The van der Waals surface area contributed by atoms with E-state index in [2.05, 4.69) is 20.4 Å². The van der Waals surface area contributed by atoms with E-state index in [4.69, 9.17) is 11.6 Å². The van der Waals surface area contributed by atoms with Crippen molar-refractivity contribution < 1.29 is 0 Å². The van der Waals surface area contributed by atoms with Crippen LogP contribution in [0.2, 0.25) is 5.15 Å². The Bertz CT molecular complexity index is 407. The van der Waals surface area contributed by atoms with Crippen LogP contribution >= 0.6 is 23.4 Å². The molecular formula is C12H19ClN4S. The summed E-state index contributed by atoms with van der Waals surface area (Å²) in [4.78, 5) is 2.48. The van der Waals surface area contributed by atoms with Gasteiger partial charge in [-0.1, -0.05) is 11.6 Å². The maximum atomic E-state index is 5.93. The van der Waals surface area contributed by atoms with Gasteiger partial charge in [0.2, 0.25) is 0 Å². The van der Waals surface area contributed by atoms with Gasteiger partial charge in [-0.25, -0.2) is 0 Å². The highest BCUT2D eigenvalue weighted by Gasteiger charge is 2.11. The molecule has 0 saturated carbocycles. The van der Waals surface area contributed by atoms with E-state index >= 15 is 0 Å². The second-order valence-corrected chi connectivity index (χ2v) is 6.05. The summed E-state index contributed by atoms with van der Waals surface area (Å²) in [6.07, 6.45) is 0. The van der Waals surface area contributed by atoms with E-state index in [1.165, 1.54) is 24.6 Å². The van der Waals surface area contributed by atoms with Crippen LogP contribution in [0.15, 0.2) is 0 Å². The van der Waals surface area contributed by atoms with Crippen LogP contribution in [0, 0.1) is 13.8 Å². The first-order valence-corrected chi connectivity index (χ1v) is 7.75. The first kappa shape index (κ1) is 13.9. The molecule has 0 aromatic carbocycles. The van der Waals surface area contributed by atoms with Crippen molar-refractivity contribution >= 4 is 29.2 Å². The summed E-state index contributed by atoms with van der Waals surface area (Å²) in [6, 6.07) is 0. The summed E-state index contributed by atoms with van der Waals surface area (Å²) in [6.45, 7) is 8.34. The van der Waals surface area contributed by atoms with Crippen LogP contribution in [0.4, 0.5) is 5.82 Å². The first-order chi connectivity index (χ1) is 8.68. The highest BCUT2D eigenvalue weighted by atomic mass is 35.5. The molecule has 1 aliphatic heterocycles. The van der Waals surface area contributed by atoms with Gasteiger partial charge in [-0.3, -0.25) is 4.90 Å². The van der Waals surface area contributed by atoms with Crippen molar-refractivity contribution in [1.82, 2.24) is 15.1 Å². The molecule has 1 aliphatic rings. The van der Waals surface area contributed by atoms with Gasteiger partial charge in [0.15, 0.2) is 11.0 Å². The lowest BCUT2D eigenvalue weighted by Crippen LogP contribution is -2.36. The minimum absolute atomic E-state index is 0.492. The number of halogens is 1. The number of nitrogens with one attached hydrogen (secondary N) is 1. The first-order valence-electron chi connectivity index (χ1n) is 6.22. The van der Waals surface area contributed by atoms with E-state index in [1.54, 1.807) is 0 Å². The number of aromatic nitrogens is 2. The molecule has 1 aromatic rings. The third-order valence-electron chi connectivity index (χ3n) is 3.29. The van der Waals surface area contributed by atoms with E-state index in [9.17, 15) is 0 Å². The van der Waals surface area contributed by atoms with Crippen molar-refractivity contribution in [2.45, 2.75) is 13.8 Å². The van der Waals surface area contributed by atoms with Gasteiger partial charge in [-0.05, 0) is 25.0 Å². The fourth-order valence-corrected chi connectivity index (χ4v) is 3.06. The number of anilines is 1. The van der Waals surface area contributed by atoms with E-state index in [0.717, 1.165) is 30.0 Å². The molecule has 0 aliphatic carbocycles. The molecule has 4 nitrogen and oxygen atoms in total. The zero-order valence-corrected chi connectivity index (χ0v) is 12.4. The van der Waals surface area contributed by atoms with Crippen molar-refractivity contribution in [2.24, 2.45) is 0 Å². The largest absolute Gasteiger partial charge is 0.367 e. The molecule has 1 N–H and O–H groups in total. The van der Waals surface area contributed by atoms with Crippen molar-refractivity contribution in [3.8, 4) is 0 Å². The van der Waals surface area contributed by atoms with Gasteiger partial charge in [0.1, 0.15) is 0 Å². The lowest BCUT2D eigenvalue weighted by Gasteiger charge is -2.26. The van der Waals surface area contributed by atoms with Crippen molar-refractivity contribution in [2.75, 3.05) is 43.0 Å². The molecule has 1 saturated heterocycles. The Kier molecular flexibility index (Phi) is 5.09. The molecule has 6 heteroatoms. The second-order valence-electron chi connectivity index (χ2n) is 4.47. The SMILES string of the molecule is Cc1c(Cl)nnc(NCCN2CCSCC2)c1C. The Balaban J connectivity index is 1.84. The van der Waals surface area contributed by atoms with Gasteiger partial charge in [0.05, 0.1) is 0 Å². The van der Waals surface area contributed by atoms with Crippen LogP contribution in [0.25, 0.3) is 0 Å². The van der Waals surface area contributed by atoms with Gasteiger partial charge in [0, 0.05) is 37.7 Å². The van der Waals surface area contributed by atoms with E-state index in [1.807, 2.05) is 25.6 Å². The minimum Gasteiger partial charge on any atom is -0.367 e. The average Bonchev–Trinajstić information content (AvgIpc) is 2.40. The van der Waals surface area contributed by atoms with Gasteiger partial charge in [-0.2, -0.15) is 11.8 Å². The molecule has 0 unspecified atom stereocenters. The number of thioether (sulfide) groups is 1. The fraction of sp³-hybridized carbons (Fsp3) is 0.667. The maximum Gasteiger partial charge on any atom is 0.155 e. The molecule has 2 heterocycles. The lowest BCUT2D eigenvalue weighted by atomic mass is 10.2. The maximum absolute atomic E-state index is 5.93. The topological polar surface area (TPSA) is 41.1 Å².